The fourth-order valence-electron chi connectivity index (χ4n) is 2.15. The molecule has 2 nitrogen and oxygen atoms in total. The molecule has 0 N–H and O–H groups in total. The van der Waals surface area contributed by atoms with E-state index in [1.54, 1.807) is 0 Å². The largest absolute Gasteiger partial charge is 0.490 e. The smallest absolute Gasteiger partial charge is 0.119 e. The molecule has 16 heavy (non-hydrogen) atoms. The summed E-state index contributed by atoms with van der Waals surface area (Å²) in [7, 11) is 0. The van der Waals surface area contributed by atoms with Crippen LogP contribution < -0.4 is 4.74 Å². The average molecular weight is 219 g/mol. The van der Waals surface area contributed by atoms with Gasteiger partial charge < -0.3 is 9.64 Å². The summed E-state index contributed by atoms with van der Waals surface area (Å²) in [6.45, 7) is 7.84. The Morgan fingerprint density at radius 2 is 1.81 bits per heavy atom. The molecular weight excluding hydrogens is 198 g/mol. The molecule has 0 amide bonds. The van der Waals surface area contributed by atoms with E-state index in [1.807, 2.05) is 0 Å². The minimum Gasteiger partial charge on any atom is -0.490 e. The molecule has 2 rings (SSSR count). The van der Waals surface area contributed by atoms with Crippen LogP contribution in [0.1, 0.15) is 25.3 Å². The summed E-state index contributed by atoms with van der Waals surface area (Å²) in [5.41, 5.74) is 1.29. The summed E-state index contributed by atoms with van der Waals surface area (Å²) in [6, 6.07) is 8.36. The highest BCUT2D eigenvalue weighted by Crippen LogP contribution is 2.19. The van der Waals surface area contributed by atoms with Gasteiger partial charge in [0.1, 0.15) is 11.9 Å². The van der Waals surface area contributed by atoms with Crippen molar-refractivity contribution in [1.29, 1.82) is 0 Å². The van der Waals surface area contributed by atoms with Crippen LogP contribution in [0.2, 0.25) is 0 Å². The fraction of sp³-hybridized carbons (Fsp3) is 0.571. The normalized spacial score (nSPS) is 18.6. The van der Waals surface area contributed by atoms with Crippen molar-refractivity contribution in [2.24, 2.45) is 0 Å². The molecule has 1 heterocycles. The van der Waals surface area contributed by atoms with Gasteiger partial charge in [-0.2, -0.15) is 0 Å². The van der Waals surface area contributed by atoms with Crippen molar-refractivity contribution in [3.05, 3.63) is 29.8 Å². The van der Waals surface area contributed by atoms with Crippen LogP contribution in [0.5, 0.6) is 5.75 Å². The summed E-state index contributed by atoms with van der Waals surface area (Å²) in [5, 5.41) is 0. The molecule has 0 aliphatic carbocycles. The molecular formula is C14H21NO. The topological polar surface area (TPSA) is 12.5 Å². The van der Waals surface area contributed by atoms with Gasteiger partial charge in [-0.15, -0.1) is 0 Å². The molecule has 0 bridgehead atoms. The van der Waals surface area contributed by atoms with Gasteiger partial charge in [-0.1, -0.05) is 24.6 Å². The Morgan fingerprint density at radius 3 is 2.38 bits per heavy atom. The van der Waals surface area contributed by atoms with E-state index in [4.69, 9.17) is 4.74 Å². The van der Waals surface area contributed by atoms with Gasteiger partial charge in [0.25, 0.3) is 0 Å². The van der Waals surface area contributed by atoms with Gasteiger partial charge in [0, 0.05) is 13.1 Å². The van der Waals surface area contributed by atoms with E-state index in [9.17, 15) is 0 Å². The van der Waals surface area contributed by atoms with Crippen LogP contribution in [-0.2, 0) is 0 Å². The maximum Gasteiger partial charge on any atom is 0.119 e. The van der Waals surface area contributed by atoms with Crippen LogP contribution in [0, 0.1) is 6.92 Å². The summed E-state index contributed by atoms with van der Waals surface area (Å²) < 4.78 is 5.98. The lowest BCUT2D eigenvalue weighted by Gasteiger charge is -2.31. The van der Waals surface area contributed by atoms with Crippen molar-refractivity contribution in [2.75, 3.05) is 19.6 Å². The minimum atomic E-state index is 0.408. The molecule has 1 aliphatic rings. The van der Waals surface area contributed by atoms with Crippen molar-refractivity contribution in [1.82, 2.24) is 4.90 Å². The molecule has 0 atom stereocenters. The second-order valence-electron chi connectivity index (χ2n) is 4.56. The quantitative estimate of drug-likeness (QED) is 0.775. The summed E-state index contributed by atoms with van der Waals surface area (Å²) in [6.07, 6.45) is 2.72. The van der Waals surface area contributed by atoms with Gasteiger partial charge in [0.05, 0.1) is 0 Å². The molecule has 1 aromatic rings. The average Bonchev–Trinajstić information content (AvgIpc) is 2.33. The molecule has 1 fully saturated rings. The third-order valence-electron chi connectivity index (χ3n) is 3.31. The predicted octanol–water partition coefficient (Wildman–Crippen LogP) is 2.86. The highest BCUT2D eigenvalue weighted by Gasteiger charge is 2.18. The number of benzene rings is 1. The first kappa shape index (κ1) is 11.5. The standard InChI is InChI=1S/C14H21NO/c1-3-15-10-8-14(9-11-15)16-13-6-4-12(2)5-7-13/h4-7,14H,3,8-11H2,1-2H3. The SMILES string of the molecule is CCN1CCC(Oc2ccc(C)cc2)CC1. The molecule has 2 heteroatoms. The van der Waals surface area contributed by atoms with Crippen LogP contribution in [0.25, 0.3) is 0 Å². The number of likely N-dealkylation sites (tertiary alicyclic amines) is 1. The number of rotatable bonds is 3. The van der Waals surface area contributed by atoms with Crippen molar-refractivity contribution in [3.8, 4) is 5.75 Å². The predicted molar refractivity (Wildman–Crippen MR) is 66.9 cm³/mol. The Labute approximate surface area is 98.2 Å². The van der Waals surface area contributed by atoms with Gasteiger partial charge in [-0.25, -0.2) is 0 Å². The highest BCUT2D eigenvalue weighted by molar-refractivity contribution is 5.26. The third-order valence-corrected chi connectivity index (χ3v) is 3.31. The van der Waals surface area contributed by atoms with Crippen LogP contribution in [0.4, 0.5) is 0 Å². The van der Waals surface area contributed by atoms with E-state index in [1.165, 1.54) is 18.7 Å². The van der Waals surface area contributed by atoms with Crippen LogP contribution in [0.3, 0.4) is 0 Å². The monoisotopic (exact) mass is 219 g/mol. The first-order valence-corrected chi connectivity index (χ1v) is 6.23. The Balaban J connectivity index is 1.84. The lowest BCUT2D eigenvalue weighted by atomic mass is 10.1. The number of piperidine rings is 1. The molecule has 0 spiro atoms. The number of hydrogen-bond donors (Lipinski definition) is 0. The Hall–Kier alpha value is -1.02. The molecule has 1 saturated heterocycles. The van der Waals surface area contributed by atoms with E-state index in [0.717, 1.165) is 25.1 Å². The number of nitrogens with zero attached hydrogens (tertiary/aromatic N) is 1. The van der Waals surface area contributed by atoms with E-state index in [-0.39, 0.29) is 0 Å². The van der Waals surface area contributed by atoms with E-state index in [2.05, 4.69) is 43.0 Å². The lowest BCUT2D eigenvalue weighted by molar-refractivity contribution is 0.104. The first-order chi connectivity index (χ1) is 7.78. The van der Waals surface area contributed by atoms with Crippen molar-refractivity contribution >= 4 is 0 Å². The van der Waals surface area contributed by atoms with Gasteiger partial charge in [0.2, 0.25) is 0 Å². The first-order valence-electron chi connectivity index (χ1n) is 6.23. The van der Waals surface area contributed by atoms with Crippen LogP contribution in [-0.4, -0.2) is 30.6 Å². The summed E-state index contributed by atoms with van der Waals surface area (Å²) >= 11 is 0. The van der Waals surface area contributed by atoms with Crippen LogP contribution >= 0.6 is 0 Å². The fourth-order valence-corrected chi connectivity index (χ4v) is 2.15. The van der Waals surface area contributed by atoms with Crippen molar-refractivity contribution in [2.45, 2.75) is 32.8 Å². The Kier molecular flexibility index (Phi) is 3.83. The number of hydrogen-bond acceptors (Lipinski definition) is 2. The highest BCUT2D eigenvalue weighted by atomic mass is 16.5. The maximum absolute atomic E-state index is 5.98. The molecule has 0 radical (unpaired) electrons. The summed E-state index contributed by atoms with van der Waals surface area (Å²) in [5.74, 6) is 1.01. The van der Waals surface area contributed by atoms with E-state index >= 15 is 0 Å². The molecule has 1 aliphatic heterocycles. The third kappa shape index (κ3) is 2.99. The Bertz CT molecular complexity index is 312. The molecule has 1 aromatic carbocycles. The molecule has 0 unspecified atom stereocenters. The second kappa shape index (κ2) is 5.35. The van der Waals surface area contributed by atoms with Crippen molar-refractivity contribution in [3.63, 3.8) is 0 Å². The summed E-state index contributed by atoms with van der Waals surface area (Å²) in [4.78, 5) is 2.48. The molecule has 0 aromatic heterocycles. The molecule has 0 saturated carbocycles. The van der Waals surface area contributed by atoms with E-state index in [0.29, 0.717) is 6.10 Å². The van der Waals surface area contributed by atoms with Crippen molar-refractivity contribution < 1.29 is 4.74 Å². The van der Waals surface area contributed by atoms with Gasteiger partial charge in [-0.05, 0) is 38.4 Å². The van der Waals surface area contributed by atoms with Gasteiger partial charge >= 0.3 is 0 Å². The molecule has 88 valence electrons. The lowest BCUT2D eigenvalue weighted by Crippen LogP contribution is -2.37. The second-order valence-corrected chi connectivity index (χ2v) is 4.56. The number of ether oxygens (including phenoxy) is 1. The Morgan fingerprint density at radius 1 is 1.19 bits per heavy atom. The minimum absolute atomic E-state index is 0.408. The van der Waals surface area contributed by atoms with Gasteiger partial charge in [-0.3, -0.25) is 0 Å². The van der Waals surface area contributed by atoms with E-state index < -0.39 is 0 Å². The van der Waals surface area contributed by atoms with Crippen LogP contribution in [0.15, 0.2) is 24.3 Å². The zero-order chi connectivity index (χ0) is 11.4. The zero-order valence-corrected chi connectivity index (χ0v) is 10.3. The maximum atomic E-state index is 5.98. The number of aryl methyl sites for hydroxylation is 1. The zero-order valence-electron chi connectivity index (χ0n) is 10.3. The van der Waals surface area contributed by atoms with Gasteiger partial charge in [0.15, 0.2) is 0 Å².